The molecular formula is C20H21N3O4. The van der Waals surface area contributed by atoms with Crippen molar-refractivity contribution in [3.05, 3.63) is 41.5 Å². The average molecular weight is 367 g/mol. The zero-order valence-corrected chi connectivity index (χ0v) is 14.9. The van der Waals surface area contributed by atoms with E-state index in [0.29, 0.717) is 17.7 Å². The van der Waals surface area contributed by atoms with E-state index in [9.17, 15) is 19.2 Å². The van der Waals surface area contributed by atoms with Gasteiger partial charge in [0.1, 0.15) is 6.04 Å². The second-order valence-corrected chi connectivity index (χ2v) is 7.20. The molecule has 4 amide bonds. The van der Waals surface area contributed by atoms with Crippen molar-refractivity contribution < 1.29 is 19.2 Å². The van der Waals surface area contributed by atoms with E-state index in [1.807, 2.05) is 6.08 Å². The molecule has 7 heteroatoms. The Balaban J connectivity index is 1.54. The average Bonchev–Trinajstić information content (AvgIpc) is 3.00. The number of carbonyl (C=O) groups excluding carboxylic acids is 4. The molecule has 2 heterocycles. The van der Waals surface area contributed by atoms with Crippen LogP contribution in [0.3, 0.4) is 0 Å². The van der Waals surface area contributed by atoms with Gasteiger partial charge in [0.05, 0.1) is 0 Å². The van der Waals surface area contributed by atoms with Crippen molar-refractivity contribution >= 4 is 29.3 Å². The normalized spacial score (nSPS) is 24.6. The summed E-state index contributed by atoms with van der Waals surface area (Å²) in [4.78, 5) is 50.4. The maximum atomic E-state index is 12.8. The van der Waals surface area contributed by atoms with Crippen LogP contribution in [0.5, 0.6) is 0 Å². The van der Waals surface area contributed by atoms with E-state index < -0.39 is 11.9 Å². The van der Waals surface area contributed by atoms with Gasteiger partial charge in [-0.2, -0.15) is 0 Å². The summed E-state index contributed by atoms with van der Waals surface area (Å²) in [5.74, 6) is -1.09. The Kier molecular flexibility index (Phi) is 4.51. The lowest BCUT2D eigenvalue weighted by Crippen LogP contribution is -2.52. The third kappa shape index (κ3) is 3.25. The van der Waals surface area contributed by atoms with E-state index in [0.717, 1.165) is 24.8 Å². The van der Waals surface area contributed by atoms with E-state index in [1.54, 1.807) is 18.2 Å². The highest BCUT2D eigenvalue weighted by molar-refractivity contribution is 6.06. The predicted octanol–water partition coefficient (Wildman–Crippen LogP) is 1.74. The number of imide groups is 1. The Bertz CT molecular complexity index is 861. The number of nitrogens with one attached hydrogen (secondary N) is 2. The quantitative estimate of drug-likeness (QED) is 0.628. The minimum atomic E-state index is -0.658. The van der Waals surface area contributed by atoms with E-state index in [2.05, 4.69) is 16.7 Å². The van der Waals surface area contributed by atoms with Gasteiger partial charge >= 0.3 is 0 Å². The Labute approximate surface area is 156 Å². The zero-order chi connectivity index (χ0) is 19.0. The van der Waals surface area contributed by atoms with Crippen LogP contribution in [0.15, 0.2) is 30.4 Å². The number of hydrogen-bond acceptors (Lipinski definition) is 4. The van der Waals surface area contributed by atoms with Gasteiger partial charge < -0.3 is 10.2 Å². The van der Waals surface area contributed by atoms with Crippen LogP contribution in [0.1, 0.15) is 48.0 Å². The van der Waals surface area contributed by atoms with Crippen LogP contribution in [0.4, 0.5) is 5.69 Å². The summed E-state index contributed by atoms with van der Waals surface area (Å²) in [6.07, 6.45) is 7.08. The van der Waals surface area contributed by atoms with Crippen LogP contribution < -0.4 is 10.6 Å². The van der Waals surface area contributed by atoms with E-state index in [1.165, 1.54) is 4.90 Å². The highest BCUT2D eigenvalue weighted by Crippen LogP contribution is 2.33. The lowest BCUT2D eigenvalue weighted by atomic mass is 9.93. The number of rotatable bonds is 3. The van der Waals surface area contributed by atoms with Gasteiger partial charge in [0.15, 0.2) is 0 Å². The molecule has 2 aliphatic heterocycles. The lowest BCUT2D eigenvalue weighted by molar-refractivity contribution is -0.137. The van der Waals surface area contributed by atoms with Crippen molar-refractivity contribution in [1.82, 2.24) is 10.2 Å². The Morgan fingerprint density at radius 2 is 2.00 bits per heavy atom. The molecule has 0 bridgehead atoms. The minimum absolute atomic E-state index is 0.0420. The van der Waals surface area contributed by atoms with Crippen molar-refractivity contribution in [3.8, 4) is 0 Å². The van der Waals surface area contributed by atoms with Gasteiger partial charge in [0.25, 0.3) is 5.91 Å². The van der Waals surface area contributed by atoms with Crippen LogP contribution in [0, 0.1) is 5.92 Å². The molecule has 27 heavy (non-hydrogen) atoms. The Hall–Kier alpha value is -2.96. The number of amides is 4. The first-order valence-electron chi connectivity index (χ1n) is 9.27. The molecule has 2 atom stereocenters. The molecule has 1 saturated heterocycles. The van der Waals surface area contributed by atoms with Crippen molar-refractivity contribution in [1.29, 1.82) is 0 Å². The third-order valence-corrected chi connectivity index (χ3v) is 5.48. The standard InChI is InChI=1S/C20H21N3O4/c24-17-10-9-16(19(26)22-17)23-11-14-13(20(23)27)7-4-8-15(14)21-18(25)12-5-2-1-3-6-12/h1-2,4,7-8,12,16H,3,5-6,9-11H2,(H,21,25)(H,22,24,26)/t12-,16?/m1/s1. The number of fused-ring (bicyclic) bond motifs is 1. The number of carbonyl (C=O) groups is 4. The second-order valence-electron chi connectivity index (χ2n) is 7.20. The second kappa shape index (κ2) is 6.98. The number of hydrogen-bond donors (Lipinski definition) is 2. The van der Waals surface area contributed by atoms with Gasteiger partial charge in [-0.15, -0.1) is 0 Å². The number of piperidine rings is 1. The number of anilines is 1. The lowest BCUT2D eigenvalue weighted by Gasteiger charge is -2.29. The fraction of sp³-hybridized carbons (Fsp3) is 0.400. The largest absolute Gasteiger partial charge is 0.325 e. The van der Waals surface area contributed by atoms with E-state index >= 15 is 0 Å². The first-order chi connectivity index (χ1) is 13.0. The Morgan fingerprint density at radius 3 is 2.74 bits per heavy atom. The monoisotopic (exact) mass is 367 g/mol. The van der Waals surface area contributed by atoms with Crippen molar-refractivity contribution in [2.24, 2.45) is 5.92 Å². The SMILES string of the molecule is O=C1CCC(N2Cc3c(NC(=O)[C@@H]4CC=CCC4)cccc3C2=O)C(=O)N1. The molecule has 3 aliphatic rings. The summed E-state index contributed by atoms with van der Waals surface area (Å²) >= 11 is 0. The molecule has 0 spiro atoms. The summed E-state index contributed by atoms with van der Waals surface area (Å²) in [5, 5.41) is 5.26. The summed E-state index contributed by atoms with van der Waals surface area (Å²) in [6.45, 7) is 0.251. The first kappa shape index (κ1) is 17.5. The predicted molar refractivity (Wildman–Crippen MR) is 97.6 cm³/mol. The highest BCUT2D eigenvalue weighted by atomic mass is 16.2. The molecule has 1 fully saturated rings. The molecule has 0 aromatic heterocycles. The van der Waals surface area contributed by atoms with E-state index in [4.69, 9.17) is 0 Å². The molecule has 1 aromatic rings. The summed E-state index contributed by atoms with van der Waals surface area (Å²) < 4.78 is 0. The summed E-state index contributed by atoms with van der Waals surface area (Å²) in [7, 11) is 0. The van der Waals surface area contributed by atoms with Gasteiger partial charge in [-0.1, -0.05) is 18.2 Å². The topological polar surface area (TPSA) is 95.6 Å². The van der Waals surface area contributed by atoms with Crippen molar-refractivity contribution in [2.45, 2.75) is 44.7 Å². The molecular weight excluding hydrogens is 346 g/mol. The van der Waals surface area contributed by atoms with Crippen LogP contribution in [0.2, 0.25) is 0 Å². The van der Waals surface area contributed by atoms with Gasteiger partial charge in [-0.05, 0) is 37.8 Å². The fourth-order valence-corrected chi connectivity index (χ4v) is 3.97. The molecule has 0 radical (unpaired) electrons. The van der Waals surface area contributed by atoms with Gasteiger partial charge in [0, 0.05) is 35.7 Å². The van der Waals surface area contributed by atoms with Gasteiger partial charge in [-0.25, -0.2) is 0 Å². The van der Waals surface area contributed by atoms with Gasteiger partial charge in [-0.3, -0.25) is 24.5 Å². The van der Waals surface area contributed by atoms with Crippen molar-refractivity contribution in [3.63, 3.8) is 0 Å². The maximum Gasteiger partial charge on any atom is 0.255 e. The molecule has 1 aromatic carbocycles. The number of allylic oxidation sites excluding steroid dienone is 2. The molecule has 140 valence electrons. The molecule has 2 N–H and O–H groups in total. The first-order valence-corrected chi connectivity index (χ1v) is 9.27. The van der Waals surface area contributed by atoms with Crippen molar-refractivity contribution in [2.75, 3.05) is 5.32 Å². The Morgan fingerprint density at radius 1 is 1.15 bits per heavy atom. The third-order valence-electron chi connectivity index (χ3n) is 5.48. The molecule has 1 aliphatic carbocycles. The van der Waals surface area contributed by atoms with Crippen LogP contribution in [0.25, 0.3) is 0 Å². The number of nitrogens with zero attached hydrogens (tertiary/aromatic N) is 1. The van der Waals surface area contributed by atoms with Crippen LogP contribution in [-0.4, -0.2) is 34.6 Å². The van der Waals surface area contributed by atoms with Crippen LogP contribution >= 0.6 is 0 Å². The fourth-order valence-electron chi connectivity index (χ4n) is 3.97. The molecule has 4 rings (SSSR count). The molecule has 1 unspecified atom stereocenters. The number of benzene rings is 1. The summed E-state index contributed by atoms with van der Waals surface area (Å²) in [5.41, 5.74) is 1.85. The highest BCUT2D eigenvalue weighted by Gasteiger charge is 2.40. The summed E-state index contributed by atoms with van der Waals surface area (Å²) in [6, 6.07) is 4.58. The minimum Gasteiger partial charge on any atom is -0.325 e. The smallest absolute Gasteiger partial charge is 0.255 e. The molecule has 7 nitrogen and oxygen atoms in total. The van der Waals surface area contributed by atoms with Gasteiger partial charge in [0.2, 0.25) is 17.7 Å². The zero-order valence-electron chi connectivity index (χ0n) is 14.9. The molecule has 0 saturated carbocycles. The van der Waals surface area contributed by atoms with E-state index in [-0.39, 0.29) is 36.6 Å². The maximum absolute atomic E-state index is 12.8. The van der Waals surface area contributed by atoms with Crippen LogP contribution in [-0.2, 0) is 20.9 Å².